The summed E-state index contributed by atoms with van der Waals surface area (Å²) in [5.74, 6) is 0.260. The van der Waals surface area contributed by atoms with Crippen LogP contribution in [0.15, 0.2) is 41.4 Å². The molecule has 200 valence electrons. The third-order valence-electron chi connectivity index (χ3n) is 7.23. The van der Waals surface area contributed by atoms with Gasteiger partial charge in [-0.15, -0.1) is 0 Å². The van der Waals surface area contributed by atoms with Crippen molar-refractivity contribution in [3.63, 3.8) is 0 Å². The maximum atomic E-state index is 13.7. The monoisotopic (exact) mass is 610 g/mol. The Balaban J connectivity index is 1.49. The van der Waals surface area contributed by atoms with Crippen molar-refractivity contribution in [3.8, 4) is 0 Å². The molecule has 2 saturated heterocycles. The Hall–Kier alpha value is -1.70. The van der Waals surface area contributed by atoms with Gasteiger partial charge in [0.15, 0.2) is 36.3 Å². The van der Waals surface area contributed by atoms with Gasteiger partial charge < -0.3 is 14.9 Å². The second-order valence-corrected chi connectivity index (χ2v) is 18.0. The minimum Gasteiger partial charge on any atom is -0.407 e. The van der Waals surface area contributed by atoms with Crippen molar-refractivity contribution in [2.45, 2.75) is 70.0 Å². The molecule has 3 N–H and O–H groups in total. The Labute approximate surface area is 225 Å². The summed E-state index contributed by atoms with van der Waals surface area (Å²) in [6.45, 7) is 11.2. The number of imidazole rings is 1. The Morgan fingerprint density at radius 1 is 1.27 bits per heavy atom. The van der Waals surface area contributed by atoms with E-state index in [4.69, 9.17) is 23.9 Å². The smallest absolute Gasteiger partial charge is 0.406 e. The molecule has 2 fully saturated rings. The van der Waals surface area contributed by atoms with Crippen LogP contribution in [0.4, 0.5) is 5.82 Å². The number of nitrogens with zero attached hydrogens (tertiary/aromatic N) is 4. The van der Waals surface area contributed by atoms with Gasteiger partial charge in [-0.2, -0.15) is 0 Å². The molecule has 5 rings (SSSR count). The van der Waals surface area contributed by atoms with Crippen LogP contribution < -0.4 is 10.8 Å². The molecular weight excluding hydrogens is 579 g/mol. The molecule has 2 aliphatic rings. The number of hydrogen-bond donors (Lipinski definition) is 2. The van der Waals surface area contributed by atoms with Crippen LogP contribution in [0.1, 0.15) is 32.6 Å². The fourth-order valence-corrected chi connectivity index (χ4v) is 7.53. The number of ether oxygens (including phenoxy) is 1. The average molecular weight is 612 g/mol. The normalized spacial score (nSPS) is 28.5. The van der Waals surface area contributed by atoms with Crippen LogP contribution in [-0.2, 0) is 29.3 Å². The number of aromatic nitrogens is 4. The number of fused-ring (bicyclic) bond motifs is 2. The molecule has 2 aliphatic heterocycles. The number of hydrogen-bond acceptors (Lipinski definition) is 9. The molecule has 2 unspecified atom stereocenters. The predicted molar refractivity (Wildman–Crippen MR) is 145 cm³/mol. The van der Waals surface area contributed by atoms with Crippen LogP contribution in [0.3, 0.4) is 0 Å². The highest BCUT2D eigenvalue weighted by atomic mass is 79.9. The maximum Gasteiger partial charge on any atom is 0.406 e. The van der Waals surface area contributed by atoms with E-state index in [1.54, 1.807) is 4.57 Å². The Kier molecular flexibility index (Phi) is 7.12. The van der Waals surface area contributed by atoms with Crippen LogP contribution in [0.25, 0.3) is 11.2 Å². The van der Waals surface area contributed by atoms with E-state index in [0.29, 0.717) is 22.4 Å². The molecule has 4 heterocycles. The lowest BCUT2D eigenvalue weighted by molar-refractivity contribution is -0.0600. The number of anilines is 1. The van der Waals surface area contributed by atoms with E-state index in [0.717, 1.165) is 5.56 Å². The fourth-order valence-electron chi connectivity index (χ4n) is 4.17. The zero-order valence-corrected chi connectivity index (χ0v) is 24.9. The molecule has 3 aromatic rings. The lowest BCUT2D eigenvalue weighted by atomic mass is 10.1. The van der Waals surface area contributed by atoms with Crippen molar-refractivity contribution in [1.29, 1.82) is 0 Å². The molecule has 0 radical (unpaired) electrons. The molecule has 2 aromatic heterocycles. The first kappa shape index (κ1) is 26.9. The van der Waals surface area contributed by atoms with E-state index in [9.17, 15) is 4.57 Å². The first-order chi connectivity index (χ1) is 17.4. The number of nitrogens with one attached hydrogen (secondary N) is 1. The van der Waals surface area contributed by atoms with Gasteiger partial charge in [-0.3, -0.25) is 13.6 Å². The third kappa shape index (κ3) is 5.16. The standard InChI is InChI=1S/C23H32BrN6O5PSi/c1-23(2,3)37(4,5)35-18-17-15(12-32-36(31,34-17)28-11-14-9-7-6-8-10-14)33-21(18)30-20-16(29-22(30)24)19(25)26-13-27-20/h6-10,13,15,17-18,21H,11-12H2,1-5H3,(H,28,31)(H2,25,26,27)/t15?,17?,18-,21+,36-/m0/s1. The topological polar surface area (TPSA) is 136 Å². The molecule has 1 aromatic carbocycles. The molecule has 0 aliphatic carbocycles. The highest BCUT2D eigenvalue weighted by Crippen LogP contribution is 2.55. The second-order valence-electron chi connectivity index (χ2n) is 10.8. The first-order valence-corrected chi connectivity index (χ1v) is 17.3. The summed E-state index contributed by atoms with van der Waals surface area (Å²) < 4.78 is 41.2. The number of rotatable bonds is 6. The van der Waals surface area contributed by atoms with Crippen molar-refractivity contribution in [3.05, 3.63) is 47.0 Å². The van der Waals surface area contributed by atoms with Crippen LogP contribution in [0.5, 0.6) is 0 Å². The van der Waals surface area contributed by atoms with E-state index in [-0.39, 0.29) is 17.5 Å². The molecule has 14 heteroatoms. The van der Waals surface area contributed by atoms with Gasteiger partial charge in [0.25, 0.3) is 0 Å². The number of nitrogen functional groups attached to an aromatic ring is 1. The molecule has 0 saturated carbocycles. The van der Waals surface area contributed by atoms with E-state index in [1.165, 1.54) is 6.33 Å². The Bertz CT molecular complexity index is 1340. The molecule has 0 bridgehead atoms. The van der Waals surface area contributed by atoms with Gasteiger partial charge >= 0.3 is 7.75 Å². The van der Waals surface area contributed by atoms with Crippen molar-refractivity contribution >= 4 is 49.0 Å². The summed E-state index contributed by atoms with van der Waals surface area (Å²) >= 11 is 3.54. The van der Waals surface area contributed by atoms with E-state index < -0.39 is 40.6 Å². The summed E-state index contributed by atoms with van der Waals surface area (Å²) in [5, 5.41) is 2.90. The van der Waals surface area contributed by atoms with Gasteiger partial charge in [0.2, 0.25) is 0 Å². The number of halogens is 1. The van der Waals surface area contributed by atoms with Gasteiger partial charge in [0, 0.05) is 6.54 Å². The highest BCUT2D eigenvalue weighted by Gasteiger charge is 2.56. The lowest BCUT2D eigenvalue weighted by Crippen LogP contribution is -2.50. The van der Waals surface area contributed by atoms with Crippen LogP contribution in [0.2, 0.25) is 18.1 Å². The summed E-state index contributed by atoms with van der Waals surface area (Å²) in [6, 6.07) is 9.67. The predicted octanol–water partition coefficient (Wildman–Crippen LogP) is 4.77. The molecule has 0 spiro atoms. The summed E-state index contributed by atoms with van der Waals surface area (Å²) in [4.78, 5) is 13.0. The van der Waals surface area contributed by atoms with E-state index in [2.05, 4.69) is 69.8 Å². The van der Waals surface area contributed by atoms with Crippen molar-refractivity contribution in [2.75, 3.05) is 12.3 Å². The van der Waals surface area contributed by atoms with Crippen LogP contribution in [-0.4, -0.2) is 52.8 Å². The number of benzene rings is 1. The van der Waals surface area contributed by atoms with Crippen molar-refractivity contribution < 1.29 is 22.8 Å². The van der Waals surface area contributed by atoms with Crippen LogP contribution >= 0.6 is 23.7 Å². The second kappa shape index (κ2) is 9.80. The fraction of sp³-hybridized carbons (Fsp3) is 0.522. The lowest BCUT2D eigenvalue weighted by Gasteiger charge is -2.41. The van der Waals surface area contributed by atoms with Gasteiger partial charge in [-0.1, -0.05) is 51.1 Å². The van der Waals surface area contributed by atoms with Crippen molar-refractivity contribution in [1.82, 2.24) is 24.6 Å². The largest absolute Gasteiger partial charge is 0.407 e. The first-order valence-electron chi connectivity index (χ1n) is 12.1. The molecule has 5 atom stereocenters. The summed E-state index contributed by atoms with van der Waals surface area (Å²) in [6.07, 6.45) is -1.06. The molecular formula is C23H32BrN6O5PSi. The minimum absolute atomic E-state index is 0.0823. The van der Waals surface area contributed by atoms with E-state index >= 15 is 0 Å². The van der Waals surface area contributed by atoms with Gasteiger partial charge in [0.1, 0.15) is 24.6 Å². The molecule has 0 amide bonds. The highest BCUT2D eigenvalue weighted by molar-refractivity contribution is 9.10. The molecule has 37 heavy (non-hydrogen) atoms. The third-order valence-corrected chi connectivity index (χ3v) is 13.8. The van der Waals surface area contributed by atoms with Gasteiger partial charge in [-0.05, 0) is 39.6 Å². The zero-order chi connectivity index (χ0) is 26.6. The number of nitrogens with two attached hydrogens (primary N) is 1. The minimum atomic E-state index is -3.64. The summed E-state index contributed by atoms with van der Waals surface area (Å²) in [7, 11) is -5.97. The van der Waals surface area contributed by atoms with Crippen molar-refractivity contribution in [2.24, 2.45) is 0 Å². The quantitative estimate of drug-likeness (QED) is 0.228. The zero-order valence-electron chi connectivity index (χ0n) is 21.4. The maximum absolute atomic E-state index is 13.7. The SMILES string of the molecule is CC(C)(C)[Si](C)(C)O[C@H]1C2O[P@](=O)(NCc3ccccc3)OCC2O[C@H]1n1c(Br)nc2c(N)ncnc21. The van der Waals surface area contributed by atoms with Crippen LogP contribution in [0, 0.1) is 0 Å². The average Bonchev–Trinajstić information content (AvgIpc) is 3.34. The summed E-state index contributed by atoms with van der Waals surface area (Å²) in [5.41, 5.74) is 7.98. The Morgan fingerprint density at radius 3 is 2.70 bits per heavy atom. The molecule has 11 nitrogen and oxygen atoms in total. The van der Waals surface area contributed by atoms with Gasteiger partial charge in [-0.25, -0.2) is 24.6 Å². The van der Waals surface area contributed by atoms with Gasteiger partial charge in [0.05, 0.1) is 6.61 Å². The Morgan fingerprint density at radius 2 is 2.00 bits per heavy atom. The van der Waals surface area contributed by atoms with E-state index in [1.807, 2.05) is 30.3 Å².